The number of aromatic amines is 1. The molecule has 1 unspecified atom stereocenters. The summed E-state index contributed by atoms with van der Waals surface area (Å²) in [4.78, 5) is 21.3. The maximum absolute atomic E-state index is 14.1. The molecule has 0 bridgehead atoms. The van der Waals surface area contributed by atoms with E-state index < -0.39 is 0 Å². The van der Waals surface area contributed by atoms with Crippen LogP contribution in [-0.2, 0) is 19.5 Å². The van der Waals surface area contributed by atoms with Crippen LogP contribution in [0.2, 0.25) is 5.02 Å². The first-order valence-corrected chi connectivity index (χ1v) is 11.6. The van der Waals surface area contributed by atoms with Crippen molar-refractivity contribution in [2.24, 2.45) is 0 Å². The van der Waals surface area contributed by atoms with Crippen molar-refractivity contribution in [3.63, 3.8) is 0 Å². The largest absolute Gasteiger partial charge is 0.334 e. The first kappa shape index (κ1) is 21.9. The molecule has 2 amide bonds. The summed E-state index contributed by atoms with van der Waals surface area (Å²) in [5, 5.41) is 11.2. The Morgan fingerprint density at radius 3 is 3.03 bits per heavy atom. The molecule has 172 valence electrons. The molecule has 1 fully saturated rings. The molecule has 2 aliphatic heterocycles. The monoisotopic (exact) mass is 468 g/mol. The maximum atomic E-state index is 14.1. The zero-order valence-electron chi connectivity index (χ0n) is 18.4. The number of aromatic nitrogens is 3. The molecule has 0 saturated carbocycles. The molecule has 33 heavy (non-hydrogen) atoms. The third-order valence-electron chi connectivity index (χ3n) is 6.43. The van der Waals surface area contributed by atoms with Crippen LogP contribution in [-0.4, -0.2) is 56.7 Å². The molecule has 5 rings (SSSR count). The summed E-state index contributed by atoms with van der Waals surface area (Å²) in [7, 11) is 0. The number of carbonyl (C=O) groups is 1. The van der Waals surface area contributed by atoms with Gasteiger partial charge in [-0.15, -0.1) is 0 Å². The van der Waals surface area contributed by atoms with E-state index in [1.165, 1.54) is 6.07 Å². The van der Waals surface area contributed by atoms with E-state index in [2.05, 4.69) is 25.4 Å². The van der Waals surface area contributed by atoms with Crippen molar-refractivity contribution in [3.05, 3.63) is 69.9 Å². The van der Waals surface area contributed by atoms with Crippen LogP contribution in [0.3, 0.4) is 0 Å². The van der Waals surface area contributed by atoms with Gasteiger partial charge >= 0.3 is 6.03 Å². The summed E-state index contributed by atoms with van der Waals surface area (Å²) in [6.45, 7) is 4.99. The molecule has 7 nitrogen and oxygen atoms in total. The molecule has 0 aliphatic carbocycles. The molecule has 2 aliphatic rings. The van der Waals surface area contributed by atoms with Crippen LogP contribution in [0.1, 0.15) is 28.9 Å². The smallest absolute Gasteiger partial charge is 0.317 e. The van der Waals surface area contributed by atoms with Gasteiger partial charge in [0, 0.05) is 77.9 Å². The lowest BCUT2D eigenvalue weighted by atomic mass is 10.0. The van der Waals surface area contributed by atoms with Gasteiger partial charge in [-0.25, -0.2) is 9.18 Å². The number of hydrogen-bond acceptors (Lipinski definition) is 4. The fourth-order valence-electron chi connectivity index (χ4n) is 4.67. The van der Waals surface area contributed by atoms with Crippen molar-refractivity contribution in [2.45, 2.75) is 38.9 Å². The van der Waals surface area contributed by atoms with Crippen molar-refractivity contribution in [1.29, 1.82) is 0 Å². The minimum absolute atomic E-state index is 0.0242. The Balaban J connectivity index is 1.21. The highest BCUT2D eigenvalue weighted by molar-refractivity contribution is 6.31. The van der Waals surface area contributed by atoms with Crippen molar-refractivity contribution < 1.29 is 9.18 Å². The molecule has 4 heterocycles. The highest BCUT2D eigenvalue weighted by atomic mass is 35.5. The predicted molar refractivity (Wildman–Crippen MR) is 124 cm³/mol. The number of urea groups is 1. The number of pyridine rings is 1. The predicted octanol–water partition coefficient (Wildman–Crippen LogP) is 3.91. The van der Waals surface area contributed by atoms with Crippen LogP contribution in [0.4, 0.5) is 9.18 Å². The summed E-state index contributed by atoms with van der Waals surface area (Å²) < 4.78 is 14.1. The fraction of sp³-hybridized carbons (Fsp3) is 0.375. The van der Waals surface area contributed by atoms with Crippen LogP contribution in [0.5, 0.6) is 0 Å². The minimum Gasteiger partial charge on any atom is -0.334 e. The molecular weight excluding hydrogens is 443 g/mol. The Labute approximate surface area is 197 Å². The topological polar surface area (TPSA) is 77.2 Å². The van der Waals surface area contributed by atoms with Gasteiger partial charge in [0.15, 0.2) is 0 Å². The Morgan fingerprint density at radius 1 is 1.33 bits per heavy atom. The second kappa shape index (κ2) is 9.11. The molecule has 0 radical (unpaired) electrons. The van der Waals surface area contributed by atoms with Crippen LogP contribution in [0.15, 0.2) is 36.5 Å². The summed E-state index contributed by atoms with van der Waals surface area (Å²) >= 11 is 6.17. The van der Waals surface area contributed by atoms with Gasteiger partial charge in [0.1, 0.15) is 5.82 Å². The van der Waals surface area contributed by atoms with Crippen molar-refractivity contribution >= 4 is 17.6 Å². The van der Waals surface area contributed by atoms with Gasteiger partial charge < -0.3 is 10.2 Å². The second-order valence-electron chi connectivity index (χ2n) is 8.76. The number of likely N-dealkylation sites (tertiary alicyclic amines) is 1. The fourth-order valence-corrected chi connectivity index (χ4v) is 4.89. The normalized spacial score (nSPS) is 18.4. The van der Waals surface area contributed by atoms with E-state index in [1.54, 1.807) is 18.3 Å². The number of carbonyl (C=O) groups excluding carboxylic acids is 1. The van der Waals surface area contributed by atoms with E-state index in [0.717, 1.165) is 47.6 Å². The van der Waals surface area contributed by atoms with Gasteiger partial charge in [-0.2, -0.15) is 5.10 Å². The zero-order valence-corrected chi connectivity index (χ0v) is 19.2. The van der Waals surface area contributed by atoms with Crippen molar-refractivity contribution in [3.8, 4) is 11.3 Å². The highest BCUT2D eigenvalue weighted by Gasteiger charge is 2.30. The molecule has 3 aromatic rings. The number of hydrogen-bond donors (Lipinski definition) is 2. The molecule has 2 aromatic heterocycles. The Hall–Kier alpha value is -2.97. The number of halogens is 2. The van der Waals surface area contributed by atoms with Gasteiger partial charge in [0.25, 0.3) is 0 Å². The number of H-pyrrole nitrogens is 1. The van der Waals surface area contributed by atoms with E-state index in [0.29, 0.717) is 36.8 Å². The number of fused-ring (bicyclic) bond motifs is 1. The number of benzene rings is 1. The van der Waals surface area contributed by atoms with Gasteiger partial charge in [-0.1, -0.05) is 17.7 Å². The average Bonchev–Trinajstić information content (AvgIpc) is 3.42. The summed E-state index contributed by atoms with van der Waals surface area (Å²) in [5.74, 6) is -0.292. The number of nitrogens with one attached hydrogen (secondary N) is 2. The molecule has 1 aromatic carbocycles. The first-order valence-electron chi connectivity index (χ1n) is 11.2. The van der Waals surface area contributed by atoms with Crippen LogP contribution >= 0.6 is 11.6 Å². The Kier molecular flexibility index (Phi) is 6.03. The third-order valence-corrected chi connectivity index (χ3v) is 6.79. The number of rotatable bonds is 4. The van der Waals surface area contributed by atoms with Crippen molar-refractivity contribution in [1.82, 2.24) is 30.3 Å². The average molecular weight is 469 g/mol. The van der Waals surface area contributed by atoms with E-state index >= 15 is 0 Å². The molecule has 9 heteroatoms. The van der Waals surface area contributed by atoms with Gasteiger partial charge in [-0.3, -0.25) is 15.0 Å². The lowest BCUT2D eigenvalue weighted by Gasteiger charge is -2.29. The molecule has 0 spiro atoms. The minimum atomic E-state index is -0.292. The van der Waals surface area contributed by atoms with Gasteiger partial charge in [0.2, 0.25) is 0 Å². The number of amides is 2. The Morgan fingerprint density at radius 2 is 2.21 bits per heavy atom. The SMILES string of the molecule is Cc1cc(-c2n[nH]c3c2CN(C(=O)NC2CCN(Cc4c(F)cccc4Cl)C2)CC3)ccn1. The lowest BCUT2D eigenvalue weighted by molar-refractivity contribution is 0.188. The van der Waals surface area contributed by atoms with E-state index in [1.807, 2.05) is 24.0 Å². The van der Waals surface area contributed by atoms with Gasteiger partial charge in [-0.05, 0) is 37.6 Å². The second-order valence-corrected chi connectivity index (χ2v) is 9.16. The maximum Gasteiger partial charge on any atom is 0.317 e. The van der Waals surface area contributed by atoms with Crippen molar-refractivity contribution in [2.75, 3.05) is 19.6 Å². The molecule has 1 saturated heterocycles. The first-order chi connectivity index (χ1) is 16.0. The van der Waals surface area contributed by atoms with Gasteiger partial charge in [0.05, 0.1) is 12.2 Å². The van der Waals surface area contributed by atoms with E-state index in [4.69, 9.17) is 11.6 Å². The van der Waals surface area contributed by atoms with Crippen LogP contribution < -0.4 is 5.32 Å². The quantitative estimate of drug-likeness (QED) is 0.608. The van der Waals surface area contributed by atoms with Crippen LogP contribution in [0.25, 0.3) is 11.3 Å². The summed E-state index contributed by atoms with van der Waals surface area (Å²) in [6.07, 6.45) is 3.34. The molecular formula is C24H26ClFN6O. The van der Waals surface area contributed by atoms with E-state index in [9.17, 15) is 9.18 Å². The lowest BCUT2D eigenvalue weighted by Crippen LogP contribution is -2.47. The third kappa shape index (κ3) is 4.58. The Bertz CT molecular complexity index is 1160. The zero-order chi connectivity index (χ0) is 22.9. The molecule has 2 N–H and O–H groups in total. The van der Waals surface area contributed by atoms with E-state index in [-0.39, 0.29) is 17.9 Å². The summed E-state index contributed by atoms with van der Waals surface area (Å²) in [5.41, 5.74) is 5.45. The highest BCUT2D eigenvalue weighted by Crippen LogP contribution is 2.29. The molecule has 1 atom stereocenters. The number of aryl methyl sites for hydroxylation is 1. The number of nitrogens with zero attached hydrogens (tertiary/aromatic N) is 4. The summed E-state index contributed by atoms with van der Waals surface area (Å²) in [6, 6.07) is 8.64. The standard InChI is InChI=1S/C24H26ClFN6O/c1-15-11-16(5-8-27-15)23-19-14-32(10-7-22(19)29-30-23)24(33)28-17-6-9-31(12-17)13-18-20(25)3-2-4-21(18)26/h2-5,8,11,17H,6-7,9-10,12-14H2,1H3,(H,28,33)(H,29,30). The van der Waals surface area contributed by atoms with Crippen LogP contribution in [0, 0.1) is 12.7 Å².